The fraction of sp³-hybridized carbons (Fsp3) is 0.200. The summed E-state index contributed by atoms with van der Waals surface area (Å²) >= 11 is 0. The van der Waals surface area contributed by atoms with Gasteiger partial charge in [0.25, 0.3) is 0 Å². The summed E-state index contributed by atoms with van der Waals surface area (Å²) in [5.41, 5.74) is 1.82. The Morgan fingerprint density at radius 3 is 2.65 bits per heavy atom. The van der Waals surface area contributed by atoms with Crippen molar-refractivity contribution in [3.8, 4) is 0 Å². The maximum absolute atomic E-state index is 5.80. The number of hydrogen-bond acceptors (Lipinski definition) is 2. The fourth-order valence-corrected chi connectivity index (χ4v) is 1.52. The van der Waals surface area contributed by atoms with E-state index < -0.39 is 0 Å². The van der Waals surface area contributed by atoms with Crippen molar-refractivity contribution in [2.45, 2.75) is 20.3 Å². The molecule has 0 radical (unpaired) electrons. The molecule has 1 aliphatic heterocycles. The van der Waals surface area contributed by atoms with E-state index in [4.69, 9.17) is 4.74 Å². The second kappa shape index (κ2) is 6.59. The third-order valence-corrected chi connectivity index (χ3v) is 2.21. The zero-order valence-electron chi connectivity index (χ0n) is 10.5. The van der Waals surface area contributed by atoms with Gasteiger partial charge in [0.05, 0.1) is 11.4 Å². The third kappa shape index (κ3) is 3.25. The first kappa shape index (κ1) is 13.1. The lowest BCUT2D eigenvalue weighted by Gasteiger charge is -2.24. The smallest absolute Gasteiger partial charge is 0.150 e. The molecule has 0 fully saturated rings. The van der Waals surface area contributed by atoms with Crippen molar-refractivity contribution in [1.29, 1.82) is 0 Å². The molecule has 0 saturated carbocycles. The Kier molecular flexibility index (Phi) is 5.08. The van der Waals surface area contributed by atoms with Gasteiger partial charge in [0, 0.05) is 0 Å². The minimum atomic E-state index is 0.740. The van der Waals surface area contributed by atoms with Gasteiger partial charge in [-0.2, -0.15) is 0 Å². The second-order valence-corrected chi connectivity index (χ2v) is 3.50. The van der Waals surface area contributed by atoms with Gasteiger partial charge in [0.1, 0.15) is 11.5 Å². The molecule has 0 atom stereocenters. The summed E-state index contributed by atoms with van der Waals surface area (Å²) < 4.78 is 5.80. The Labute approximate surface area is 103 Å². The molecule has 0 aromatic heterocycles. The van der Waals surface area contributed by atoms with Crippen LogP contribution in [0.3, 0.4) is 0 Å². The SMILES string of the molecule is C=C/C=C1/NC(/C=C\C)=C(C=C)O/C1=C/CC. The molecule has 0 unspecified atom stereocenters. The number of hydrogen-bond donors (Lipinski definition) is 1. The van der Waals surface area contributed by atoms with Crippen molar-refractivity contribution in [3.05, 3.63) is 72.5 Å². The predicted octanol–water partition coefficient (Wildman–Crippen LogP) is 3.94. The highest BCUT2D eigenvalue weighted by Gasteiger charge is 2.17. The van der Waals surface area contributed by atoms with Crippen LogP contribution in [-0.2, 0) is 4.74 Å². The van der Waals surface area contributed by atoms with Crippen molar-refractivity contribution in [2.75, 3.05) is 0 Å². The van der Waals surface area contributed by atoms with E-state index in [1.165, 1.54) is 0 Å². The van der Waals surface area contributed by atoms with E-state index in [-0.39, 0.29) is 0 Å². The molecule has 2 nitrogen and oxygen atoms in total. The number of allylic oxidation sites excluding steroid dienone is 6. The Morgan fingerprint density at radius 1 is 1.35 bits per heavy atom. The van der Waals surface area contributed by atoms with Gasteiger partial charge in [0.2, 0.25) is 0 Å². The molecule has 0 aromatic rings. The van der Waals surface area contributed by atoms with Gasteiger partial charge in [-0.3, -0.25) is 0 Å². The predicted molar refractivity (Wildman–Crippen MR) is 72.9 cm³/mol. The maximum Gasteiger partial charge on any atom is 0.150 e. The number of ether oxygens (including phenoxy) is 1. The largest absolute Gasteiger partial charge is 0.453 e. The lowest BCUT2D eigenvalue weighted by molar-refractivity contribution is 0.304. The number of rotatable bonds is 4. The Bertz CT molecular complexity index is 422. The number of nitrogens with one attached hydrogen (secondary N) is 1. The van der Waals surface area contributed by atoms with Crippen LogP contribution in [0, 0.1) is 0 Å². The molecule has 0 amide bonds. The molecule has 2 heteroatoms. The van der Waals surface area contributed by atoms with Crippen LogP contribution in [-0.4, -0.2) is 0 Å². The topological polar surface area (TPSA) is 21.3 Å². The molecule has 17 heavy (non-hydrogen) atoms. The minimum Gasteiger partial charge on any atom is -0.453 e. The summed E-state index contributed by atoms with van der Waals surface area (Å²) in [6.07, 6.45) is 12.2. The van der Waals surface area contributed by atoms with Gasteiger partial charge < -0.3 is 10.1 Å². The standard InChI is InChI=1S/C15H19NO/c1-5-9-12-14(8-4)17-15(11-7-3)13(16-12)10-6-2/h5-6,8-11,16H,2,4,7H2,1,3H3/b9-5-,13-10+,15-11+. The molecule has 1 aliphatic rings. The van der Waals surface area contributed by atoms with Gasteiger partial charge in [0.15, 0.2) is 0 Å². The zero-order chi connectivity index (χ0) is 12.7. The maximum atomic E-state index is 5.80. The lowest BCUT2D eigenvalue weighted by Crippen LogP contribution is -2.22. The van der Waals surface area contributed by atoms with Crippen molar-refractivity contribution in [3.63, 3.8) is 0 Å². The molecular formula is C15H19NO. The molecule has 1 heterocycles. The average Bonchev–Trinajstić information content (AvgIpc) is 2.33. The fourth-order valence-electron chi connectivity index (χ4n) is 1.52. The molecule has 0 bridgehead atoms. The van der Waals surface area contributed by atoms with E-state index in [9.17, 15) is 0 Å². The molecule has 0 saturated heterocycles. The van der Waals surface area contributed by atoms with Crippen LogP contribution in [0.4, 0.5) is 0 Å². The van der Waals surface area contributed by atoms with E-state index in [1.807, 2.05) is 31.2 Å². The van der Waals surface area contributed by atoms with Gasteiger partial charge in [-0.25, -0.2) is 0 Å². The Morgan fingerprint density at radius 2 is 2.12 bits per heavy atom. The highest BCUT2D eigenvalue weighted by atomic mass is 16.5. The molecule has 0 aliphatic carbocycles. The van der Waals surface area contributed by atoms with E-state index >= 15 is 0 Å². The highest BCUT2D eigenvalue weighted by molar-refractivity contribution is 5.42. The van der Waals surface area contributed by atoms with E-state index in [0.29, 0.717) is 0 Å². The zero-order valence-corrected chi connectivity index (χ0v) is 10.5. The molecule has 0 aromatic carbocycles. The minimum absolute atomic E-state index is 0.740. The van der Waals surface area contributed by atoms with E-state index in [1.54, 1.807) is 12.2 Å². The summed E-state index contributed by atoms with van der Waals surface area (Å²) in [6.45, 7) is 11.5. The van der Waals surface area contributed by atoms with Crippen LogP contribution in [0.25, 0.3) is 0 Å². The van der Waals surface area contributed by atoms with E-state index in [0.717, 1.165) is 29.3 Å². The normalized spacial score (nSPS) is 20.6. The highest BCUT2D eigenvalue weighted by Crippen LogP contribution is 2.24. The summed E-state index contributed by atoms with van der Waals surface area (Å²) in [5, 5.41) is 3.31. The monoisotopic (exact) mass is 229 g/mol. The van der Waals surface area contributed by atoms with Crippen LogP contribution >= 0.6 is 0 Å². The first-order valence-electron chi connectivity index (χ1n) is 5.74. The lowest BCUT2D eigenvalue weighted by atomic mass is 10.2. The summed E-state index contributed by atoms with van der Waals surface area (Å²) in [5.74, 6) is 1.56. The van der Waals surface area contributed by atoms with Gasteiger partial charge in [-0.05, 0) is 37.6 Å². The van der Waals surface area contributed by atoms with Crippen molar-refractivity contribution < 1.29 is 4.74 Å². The van der Waals surface area contributed by atoms with Crippen LogP contribution in [0.2, 0.25) is 0 Å². The molecule has 90 valence electrons. The Hall–Kier alpha value is -1.96. The van der Waals surface area contributed by atoms with Gasteiger partial charge >= 0.3 is 0 Å². The van der Waals surface area contributed by atoms with E-state index in [2.05, 4.69) is 25.4 Å². The van der Waals surface area contributed by atoms with Crippen LogP contribution in [0.1, 0.15) is 20.3 Å². The molecule has 1 N–H and O–H groups in total. The van der Waals surface area contributed by atoms with Crippen LogP contribution in [0.5, 0.6) is 0 Å². The molecular weight excluding hydrogens is 210 g/mol. The summed E-state index contributed by atoms with van der Waals surface area (Å²) in [6, 6.07) is 0. The average molecular weight is 229 g/mol. The summed E-state index contributed by atoms with van der Waals surface area (Å²) in [7, 11) is 0. The Balaban J connectivity index is 3.18. The molecule has 0 spiro atoms. The first-order valence-corrected chi connectivity index (χ1v) is 5.74. The quantitative estimate of drug-likeness (QED) is 0.788. The third-order valence-electron chi connectivity index (χ3n) is 2.21. The summed E-state index contributed by atoms with van der Waals surface area (Å²) in [4.78, 5) is 0. The van der Waals surface area contributed by atoms with Crippen molar-refractivity contribution in [1.82, 2.24) is 5.32 Å². The van der Waals surface area contributed by atoms with Gasteiger partial charge in [-0.1, -0.05) is 32.2 Å². The van der Waals surface area contributed by atoms with Gasteiger partial charge in [-0.15, -0.1) is 0 Å². The second-order valence-electron chi connectivity index (χ2n) is 3.50. The van der Waals surface area contributed by atoms with Crippen LogP contribution in [0.15, 0.2) is 72.5 Å². The van der Waals surface area contributed by atoms with Crippen LogP contribution < -0.4 is 5.32 Å². The molecule has 1 rings (SSSR count). The van der Waals surface area contributed by atoms with Crippen molar-refractivity contribution >= 4 is 0 Å². The van der Waals surface area contributed by atoms with Crippen molar-refractivity contribution in [2.24, 2.45) is 0 Å². The first-order chi connectivity index (χ1) is 8.26.